The fourth-order valence-electron chi connectivity index (χ4n) is 2.56. The predicted molar refractivity (Wildman–Crippen MR) is 72.0 cm³/mol. The Labute approximate surface area is 119 Å². The van der Waals surface area contributed by atoms with Gasteiger partial charge in [-0.05, 0) is 18.3 Å². The zero-order chi connectivity index (χ0) is 15.3. The van der Waals surface area contributed by atoms with Crippen LogP contribution in [0.2, 0.25) is 0 Å². The topological polar surface area (TPSA) is 77.5 Å². The van der Waals surface area contributed by atoms with E-state index in [1.165, 1.54) is 7.11 Å². The molecule has 0 aromatic rings. The summed E-state index contributed by atoms with van der Waals surface area (Å²) >= 11 is 0. The third-order valence-corrected chi connectivity index (χ3v) is 3.55. The predicted octanol–water partition coefficient (Wildman–Crippen LogP) is 1.86. The molecule has 0 spiro atoms. The number of hydrogen-bond donors (Lipinski definition) is 0. The average Bonchev–Trinajstić information content (AvgIpc) is 2.31. The lowest BCUT2D eigenvalue weighted by molar-refractivity contribution is -0.146. The fourth-order valence-corrected chi connectivity index (χ4v) is 2.56. The van der Waals surface area contributed by atoms with Crippen molar-refractivity contribution in [3.63, 3.8) is 0 Å². The maximum Gasteiger partial charge on any atom is 0.305 e. The lowest BCUT2D eigenvalue weighted by atomic mass is 9.70. The molecule has 0 N–H and O–H groups in total. The van der Waals surface area contributed by atoms with Gasteiger partial charge >= 0.3 is 5.97 Å². The third kappa shape index (κ3) is 4.54. The Balaban J connectivity index is 2.45. The lowest BCUT2D eigenvalue weighted by Crippen LogP contribution is -2.41. The molecule has 1 fully saturated rings. The van der Waals surface area contributed by atoms with Gasteiger partial charge < -0.3 is 4.74 Å². The van der Waals surface area contributed by atoms with Crippen molar-refractivity contribution in [1.29, 1.82) is 0 Å². The molecule has 0 heterocycles. The summed E-state index contributed by atoms with van der Waals surface area (Å²) in [5, 5.41) is 0. The molecular formula is C15H22O5. The molecule has 0 unspecified atom stereocenters. The summed E-state index contributed by atoms with van der Waals surface area (Å²) in [5.74, 6) is -2.21. The number of Topliss-reactive ketones (excluding diaryl/α,β-unsaturated/α-hetero) is 3. The monoisotopic (exact) mass is 282 g/mol. The van der Waals surface area contributed by atoms with Crippen LogP contribution in [0.1, 0.15) is 52.4 Å². The number of ether oxygens (including phenoxy) is 1. The van der Waals surface area contributed by atoms with E-state index in [9.17, 15) is 19.2 Å². The van der Waals surface area contributed by atoms with E-state index in [2.05, 4.69) is 4.74 Å². The summed E-state index contributed by atoms with van der Waals surface area (Å²) in [5.41, 5.74) is -0.337. The number of methoxy groups -OCH3 is 1. The summed E-state index contributed by atoms with van der Waals surface area (Å²) in [6.45, 7) is 3.72. The fraction of sp³-hybridized carbons (Fsp3) is 0.733. The normalized spacial score (nSPS) is 18.9. The van der Waals surface area contributed by atoms with E-state index >= 15 is 0 Å². The van der Waals surface area contributed by atoms with Gasteiger partial charge in [0.25, 0.3) is 0 Å². The molecular weight excluding hydrogens is 260 g/mol. The van der Waals surface area contributed by atoms with E-state index < -0.39 is 5.92 Å². The van der Waals surface area contributed by atoms with Gasteiger partial charge in [-0.3, -0.25) is 19.2 Å². The quantitative estimate of drug-likeness (QED) is 0.422. The third-order valence-electron chi connectivity index (χ3n) is 3.55. The maximum absolute atomic E-state index is 12.0. The second kappa shape index (κ2) is 6.77. The summed E-state index contributed by atoms with van der Waals surface area (Å²) in [7, 11) is 1.31. The molecule has 0 amide bonds. The molecule has 0 aromatic carbocycles. The average molecular weight is 282 g/mol. The second-order valence-electron chi connectivity index (χ2n) is 6.13. The molecule has 0 saturated heterocycles. The minimum absolute atomic E-state index is 0.166. The highest BCUT2D eigenvalue weighted by molar-refractivity contribution is 6.20. The summed E-state index contributed by atoms with van der Waals surface area (Å²) < 4.78 is 4.50. The Morgan fingerprint density at radius 2 is 1.60 bits per heavy atom. The van der Waals surface area contributed by atoms with Crippen LogP contribution in [0.15, 0.2) is 0 Å². The van der Waals surface area contributed by atoms with Crippen molar-refractivity contribution in [3.8, 4) is 0 Å². The number of carbonyl (C=O) groups excluding carboxylic acids is 4. The molecule has 0 aromatic heterocycles. The van der Waals surface area contributed by atoms with Gasteiger partial charge in [-0.15, -0.1) is 0 Å². The highest BCUT2D eigenvalue weighted by Crippen LogP contribution is 2.34. The second-order valence-corrected chi connectivity index (χ2v) is 6.13. The van der Waals surface area contributed by atoms with E-state index in [1.54, 1.807) is 0 Å². The molecule has 1 rings (SSSR count). The molecule has 0 radical (unpaired) electrons. The number of hydrogen-bond acceptors (Lipinski definition) is 5. The molecule has 0 atom stereocenters. The largest absolute Gasteiger partial charge is 0.469 e. The van der Waals surface area contributed by atoms with Gasteiger partial charge in [0, 0.05) is 25.7 Å². The van der Waals surface area contributed by atoms with Gasteiger partial charge in [0.05, 0.1) is 7.11 Å². The highest BCUT2D eigenvalue weighted by atomic mass is 16.5. The van der Waals surface area contributed by atoms with Crippen LogP contribution in [0.5, 0.6) is 0 Å². The Hall–Kier alpha value is -1.52. The van der Waals surface area contributed by atoms with Crippen LogP contribution in [-0.2, 0) is 23.9 Å². The van der Waals surface area contributed by atoms with Gasteiger partial charge in [-0.2, -0.15) is 0 Å². The van der Waals surface area contributed by atoms with Gasteiger partial charge in [0.2, 0.25) is 0 Å². The van der Waals surface area contributed by atoms with Crippen molar-refractivity contribution in [2.75, 3.05) is 7.11 Å². The lowest BCUT2D eigenvalue weighted by Gasteiger charge is -2.31. The maximum atomic E-state index is 12.0. The molecule has 112 valence electrons. The Kier molecular flexibility index (Phi) is 5.60. The minimum Gasteiger partial charge on any atom is -0.469 e. The number of unbranched alkanes of at least 4 members (excludes halogenated alkanes) is 1. The van der Waals surface area contributed by atoms with Crippen LogP contribution in [0.25, 0.3) is 0 Å². The van der Waals surface area contributed by atoms with Gasteiger partial charge in [-0.1, -0.05) is 13.8 Å². The van der Waals surface area contributed by atoms with Gasteiger partial charge in [0.1, 0.15) is 5.92 Å². The van der Waals surface area contributed by atoms with Crippen LogP contribution < -0.4 is 0 Å². The SMILES string of the molecule is COC(=O)CCCCC(=O)C1C(=O)CC(C)(C)CC1=O. The number of esters is 1. The first-order chi connectivity index (χ1) is 9.26. The zero-order valence-corrected chi connectivity index (χ0v) is 12.4. The Morgan fingerprint density at radius 1 is 1.10 bits per heavy atom. The van der Waals surface area contributed by atoms with E-state index in [4.69, 9.17) is 0 Å². The van der Waals surface area contributed by atoms with E-state index in [-0.39, 0.29) is 54.4 Å². The summed E-state index contributed by atoms with van der Waals surface area (Å²) in [6, 6.07) is 0. The molecule has 0 aliphatic heterocycles. The van der Waals surface area contributed by atoms with Crippen LogP contribution in [-0.4, -0.2) is 30.4 Å². The first-order valence-electron chi connectivity index (χ1n) is 6.92. The Bertz CT molecular complexity index is 402. The van der Waals surface area contributed by atoms with E-state index in [1.807, 2.05) is 13.8 Å². The van der Waals surface area contributed by atoms with E-state index in [0.29, 0.717) is 12.8 Å². The van der Waals surface area contributed by atoms with Crippen molar-refractivity contribution < 1.29 is 23.9 Å². The van der Waals surface area contributed by atoms with Gasteiger partial charge in [0.15, 0.2) is 17.3 Å². The molecule has 1 aliphatic carbocycles. The van der Waals surface area contributed by atoms with Crippen molar-refractivity contribution in [3.05, 3.63) is 0 Å². The van der Waals surface area contributed by atoms with Crippen LogP contribution in [0.4, 0.5) is 0 Å². The highest BCUT2D eigenvalue weighted by Gasteiger charge is 2.42. The molecule has 20 heavy (non-hydrogen) atoms. The minimum atomic E-state index is -1.07. The van der Waals surface area contributed by atoms with Gasteiger partial charge in [-0.25, -0.2) is 0 Å². The molecule has 1 saturated carbocycles. The van der Waals surface area contributed by atoms with Crippen molar-refractivity contribution >= 4 is 23.3 Å². The molecule has 5 heteroatoms. The number of ketones is 3. The standard InChI is InChI=1S/C15H22O5/c1-15(2)8-11(17)14(12(18)9-15)10(16)6-4-5-7-13(19)20-3/h14H,4-9H2,1-3H3. The summed E-state index contributed by atoms with van der Waals surface area (Å²) in [4.78, 5) is 46.8. The smallest absolute Gasteiger partial charge is 0.305 e. The van der Waals surface area contributed by atoms with Crippen LogP contribution in [0.3, 0.4) is 0 Å². The van der Waals surface area contributed by atoms with Crippen molar-refractivity contribution in [1.82, 2.24) is 0 Å². The first kappa shape index (κ1) is 16.5. The van der Waals surface area contributed by atoms with E-state index in [0.717, 1.165) is 0 Å². The molecule has 1 aliphatic rings. The number of carbonyl (C=O) groups is 4. The van der Waals surface area contributed by atoms with Crippen molar-refractivity contribution in [2.45, 2.75) is 52.4 Å². The zero-order valence-electron chi connectivity index (χ0n) is 12.4. The van der Waals surface area contributed by atoms with Crippen LogP contribution >= 0.6 is 0 Å². The van der Waals surface area contributed by atoms with Crippen LogP contribution in [0, 0.1) is 11.3 Å². The molecule has 0 bridgehead atoms. The molecule has 5 nitrogen and oxygen atoms in total. The Morgan fingerprint density at radius 3 is 2.10 bits per heavy atom. The first-order valence-corrected chi connectivity index (χ1v) is 6.92. The summed E-state index contributed by atoms with van der Waals surface area (Å²) in [6.07, 6.45) is 1.99. The van der Waals surface area contributed by atoms with Crippen molar-refractivity contribution in [2.24, 2.45) is 11.3 Å². The number of rotatable bonds is 6.